The highest BCUT2D eigenvalue weighted by Crippen LogP contribution is 2.66. The van der Waals surface area contributed by atoms with Crippen LogP contribution in [0.3, 0.4) is 0 Å². The maximum absolute atomic E-state index is 12.5. The van der Waals surface area contributed by atoms with Gasteiger partial charge in [0.1, 0.15) is 6.61 Å². The Kier molecular flexibility index (Phi) is 6.00. The fourth-order valence-corrected chi connectivity index (χ4v) is 4.84. The van der Waals surface area contributed by atoms with Crippen molar-refractivity contribution in [3.05, 3.63) is 58.6 Å². The molecule has 0 bridgehead atoms. The quantitative estimate of drug-likeness (QED) is 0.488. The lowest BCUT2D eigenvalue weighted by atomic mass is 9.90. The van der Waals surface area contributed by atoms with Gasteiger partial charge in [-0.2, -0.15) is 5.10 Å². The number of carbonyl (C=O) groups is 1. The molecule has 0 heterocycles. The Labute approximate surface area is 182 Å². The van der Waals surface area contributed by atoms with Gasteiger partial charge in [0.25, 0.3) is 0 Å². The first-order chi connectivity index (χ1) is 14.5. The van der Waals surface area contributed by atoms with Gasteiger partial charge < -0.3 is 9.47 Å². The van der Waals surface area contributed by atoms with Crippen molar-refractivity contribution in [2.45, 2.75) is 39.2 Å². The van der Waals surface area contributed by atoms with Crippen molar-refractivity contribution in [3.8, 4) is 11.5 Å². The highest BCUT2D eigenvalue weighted by molar-refractivity contribution is 6.30. The monoisotopic (exact) mass is 426 g/mol. The molecule has 1 amide bonds. The Morgan fingerprint density at radius 1 is 1.23 bits per heavy atom. The Hall–Kier alpha value is -2.53. The molecule has 158 valence electrons. The standard InChI is InChI=1S/C24H27ClN2O3/c1-24-12-4-3-5-19(24)22(24)23(28)27-26-14-17-8-11-20(21(13-17)29-2)30-15-16-6-9-18(25)10-7-16/h6-11,13-14,19,22H,3-5,12,15H2,1-2H3,(H,27,28)/b26-14+/t19-,22-,24-/m0/s1. The summed E-state index contributed by atoms with van der Waals surface area (Å²) in [6.07, 6.45) is 6.41. The van der Waals surface area contributed by atoms with Crippen molar-refractivity contribution in [1.29, 1.82) is 0 Å². The molecule has 0 aromatic heterocycles. The van der Waals surface area contributed by atoms with Gasteiger partial charge in [0.15, 0.2) is 11.5 Å². The molecule has 2 aliphatic rings. The molecule has 3 atom stereocenters. The molecule has 0 saturated heterocycles. The van der Waals surface area contributed by atoms with Crippen LogP contribution in [-0.2, 0) is 11.4 Å². The summed E-state index contributed by atoms with van der Waals surface area (Å²) in [5.41, 5.74) is 4.75. The number of methoxy groups -OCH3 is 1. The minimum absolute atomic E-state index is 0.0375. The molecule has 4 rings (SSSR count). The molecule has 2 aromatic rings. The number of amides is 1. The van der Waals surface area contributed by atoms with E-state index in [1.165, 1.54) is 12.8 Å². The van der Waals surface area contributed by atoms with Gasteiger partial charge in [-0.3, -0.25) is 4.79 Å². The van der Waals surface area contributed by atoms with Gasteiger partial charge in [0.2, 0.25) is 5.91 Å². The molecule has 6 heteroatoms. The highest BCUT2D eigenvalue weighted by Gasteiger charge is 2.64. The van der Waals surface area contributed by atoms with E-state index in [1.54, 1.807) is 13.3 Å². The molecule has 2 aromatic carbocycles. The third-order valence-corrected chi connectivity index (χ3v) is 6.75. The van der Waals surface area contributed by atoms with Crippen molar-refractivity contribution in [2.24, 2.45) is 22.4 Å². The molecule has 0 aliphatic heterocycles. The van der Waals surface area contributed by atoms with E-state index in [0.717, 1.165) is 24.0 Å². The number of nitrogens with one attached hydrogen (secondary N) is 1. The first-order valence-corrected chi connectivity index (χ1v) is 10.8. The molecule has 1 N–H and O–H groups in total. The van der Waals surface area contributed by atoms with E-state index in [-0.39, 0.29) is 17.2 Å². The number of hydrogen-bond donors (Lipinski definition) is 1. The topological polar surface area (TPSA) is 59.9 Å². The molecule has 0 unspecified atom stereocenters. The molecule has 5 nitrogen and oxygen atoms in total. The van der Waals surface area contributed by atoms with Crippen molar-refractivity contribution in [2.75, 3.05) is 7.11 Å². The van der Waals surface area contributed by atoms with Crippen LogP contribution >= 0.6 is 11.6 Å². The number of rotatable bonds is 7. The van der Waals surface area contributed by atoms with E-state index in [0.29, 0.717) is 29.0 Å². The predicted octanol–water partition coefficient (Wildman–Crippen LogP) is 5.20. The zero-order valence-electron chi connectivity index (χ0n) is 17.4. The summed E-state index contributed by atoms with van der Waals surface area (Å²) in [7, 11) is 1.60. The summed E-state index contributed by atoms with van der Waals surface area (Å²) in [6.45, 7) is 2.65. The summed E-state index contributed by atoms with van der Waals surface area (Å²) in [6, 6.07) is 13.1. The number of fused-ring (bicyclic) bond motifs is 1. The van der Waals surface area contributed by atoms with E-state index in [1.807, 2.05) is 42.5 Å². The van der Waals surface area contributed by atoms with E-state index in [4.69, 9.17) is 21.1 Å². The fraction of sp³-hybridized carbons (Fsp3) is 0.417. The van der Waals surface area contributed by atoms with Gasteiger partial charge in [0, 0.05) is 10.9 Å². The summed E-state index contributed by atoms with van der Waals surface area (Å²) in [4.78, 5) is 12.5. The first kappa shape index (κ1) is 20.7. The van der Waals surface area contributed by atoms with Crippen LogP contribution in [0.2, 0.25) is 5.02 Å². The molecule has 0 spiro atoms. The summed E-state index contributed by atoms with van der Waals surface area (Å²) < 4.78 is 11.3. The van der Waals surface area contributed by atoms with E-state index >= 15 is 0 Å². The van der Waals surface area contributed by atoms with Gasteiger partial charge in [-0.25, -0.2) is 5.43 Å². The van der Waals surface area contributed by atoms with Crippen LogP contribution in [0.5, 0.6) is 11.5 Å². The fourth-order valence-electron chi connectivity index (χ4n) is 4.72. The lowest BCUT2D eigenvalue weighted by molar-refractivity contribution is -0.123. The Morgan fingerprint density at radius 2 is 2.03 bits per heavy atom. The summed E-state index contributed by atoms with van der Waals surface area (Å²) in [5.74, 6) is 1.92. The molecule has 2 saturated carbocycles. The van der Waals surface area contributed by atoms with Gasteiger partial charge >= 0.3 is 0 Å². The number of hydrazone groups is 1. The normalized spacial score (nSPS) is 24.9. The molecular formula is C24H27ClN2O3. The third kappa shape index (κ3) is 4.31. The molecule has 0 radical (unpaired) electrons. The second-order valence-electron chi connectivity index (χ2n) is 8.40. The van der Waals surface area contributed by atoms with Crippen LogP contribution in [0.25, 0.3) is 0 Å². The number of nitrogens with zero attached hydrogens (tertiary/aromatic N) is 1. The number of benzene rings is 2. The number of halogens is 1. The van der Waals surface area contributed by atoms with Gasteiger partial charge in [-0.15, -0.1) is 0 Å². The Morgan fingerprint density at radius 3 is 2.73 bits per heavy atom. The van der Waals surface area contributed by atoms with Crippen LogP contribution in [0.1, 0.15) is 43.7 Å². The Balaban J connectivity index is 1.34. The number of carbonyl (C=O) groups excluding carboxylic acids is 1. The van der Waals surface area contributed by atoms with Crippen LogP contribution in [0.15, 0.2) is 47.6 Å². The smallest absolute Gasteiger partial charge is 0.244 e. The van der Waals surface area contributed by atoms with E-state index < -0.39 is 0 Å². The van der Waals surface area contributed by atoms with Gasteiger partial charge in [-0.1, -0.05) is 43.5 Å². The molecule has 2 fully saturated rings. The summed E-state index contributed by atoms with van der Waals surface area (Å²) >= 11 is 5.91. The lowest BCUT2D eigenvalue weighted by Crippen LogP contribution is -2.22. The largest absolute Gasteiger partial charge is 0.493 e. The molecular weight excluding hydrogens is 400 g/mol. The van der Waals surface area contributed by atoms with Crippen LogP contribution in [-0.4, -0.2) is 19.2 Å². The van der Waals surface area contributed by atoms with Crippen molar-refractivity contribution in [1.82, 2.24) is 5.43 Å². The number of hydrogen-bond acceptors (Lipinski definition) is 4. The minimum Gasteiger partial charge on any atom is -0.493 e. The average molecular weight is 427 g/mol. The maximum atomic E-state index is 12.5. The highest BCUT2D eigenvalue weighted by atomic mass is 35.5. The first-order valence-electron chi connectivity index (χ1n) is 10.4. The van der Waals surface area contributed by atoms with Crippen molar-refractivity contribution >= 4 is 23.7 Å². The number of ether oxygens (including phenoxy) is 2. The third-order valence-electron chi connectivity index (χ3n) is 6.50. The SMILES string of the molecule is COc1cc(/C=N/NC(=O)[C@@H]2[C@@H]3CCCC[C@]23C)ccc1OCc1ccc(Cl)cc1. The average Bonchev–Trinajstić information content (AvgIpc) is 3.39. The molecule has 30 heavy (non-hydrogen) atoms. The second-order valence-corrected chi connectivity index (χ2v) is 8.83. The minimum atomic E-state index is 0.0375. The van der Waals surface area contributed by atoms with Crippen LogP contribution in [0, 0.1) is 17.3 Å². The summed E-state index contributed by atoms with van der Waals surface area (Å²) in [5, 5.41) is 4.86. The zero-order chi connectivity index (χ0) is 21.1. The van der Waals surface area contributed by atoms with Crippen LogP contribution < -0.4 is 14.9 Å². The zero-order valence-corrected chi connectivity index (χ0v) is 18.1. The van der Waals surface area contributed by atoms with Crippen molar-refractivity contribution < 1.29 is 14.3 Å². The van der Waals surface area contributed by atoms with Gasteiger partial charge in [-0.05, 0) is 65.6 Å². The van der Waals surface area contributed by atoms with E-state index in [9.17, 15) is 4.79 Å². The maximum Gasteiger partial charge on any atom is 0.244 e. The molecule has 2 aliphatic carbocycles. The lowest BCUT2D eigenvalue weighted by Gasteiger charge is -2.15. The second kappa shape index (κ2) is 8.68. The predicted molar refractivity (Wildman–Crippen MR) is 118 cm³/mol. The Bertz CT molecular complexity index is 944. The van der Waals surface area contributed by atoms with Crippen LogP contribution in [0.4, 0.5) is 0 Å². The van der Waals surface area contributed by atoms with Gasteiger partial charge in [0.05, 0.1) is 13.3 Å². The van der Waals surface area contributed by atoms with Crippen molar-refractivity contribution in [3.63, 3.8) is 0 Å². The van der Waals surface area contributed by atoms with E-state index in [2.05, 4.69) is 17.5 Å².